The fourth-order valence-electron chi connectivity index (χ4n) is 4.09. The summed E-state index contributed by atoms with van der Waals surface area (Å²) in [6.07, 6.45) is -0.136. The lowest BCUT2D eigenvalue weighted by atomic mass is 9.65. The standard InChI is InChI=1S/C17H21F3N2O2.ClH/c18-17(19,20)13-8-12(4-5-14(13)23)22-16(24)11-6-9-2-1-3-10(7-11)15(9)21;/h4-5,8-11,15,23H,1-3,6-7,21H2,(H,22,24);1H. The summed E-state index contributed by atoms with van der Waals surface area (Å²) < 4.78 is 38.5. The van der Waals surface area contributed by atoms with Gasteiger partial charge in [0.25, 0.3) is 0 Å². The Bertz CT molecular complexity index is 625. The van der Waals surface area contributed by atoms with Gasteiger partial charge in [0.1, 0.15) is 5.75 Å². The minimum absolute atomic E-state index is 0. The third-order valence-corrected chi connectivity index (χ3v) is 5.35. The summed E-state index contributed by atoms with van der Waals surface area (Å²) in [5.74, 6) is -0.697. The summed E-state index contributed by atoms with van der Waals surface area (Å²) >= 11 is 0. The van der Waals surface area contributed by atoms with Crippen molar-refractivity contribution in [1.82, 2.24) is 0 Å². The fraction of sp³-hybridized carbons (Fsp3) is 0.588. The van der Waals surface area contributed by atoms with Gasteiger partial charge in [-0.15, -0.1) is 12.4 Å². The number of fused-ring (bicyclic) bond motifs is 2. The zero-order chi connectivity index (χ0) is 17.5. The van der Waals surface area contributed by atoms with Crippen molar-refractivity contribution in [2.45, 2.75) is 44.3 Å². The first-order valence-corrected chi connectivity index (χ1v) is 8.22. The minimum Gasteiger partial charge on any atom is -0.507 e. The van der Waals surface area contributed by atoms with Gasteiger partial charge >= 0.3 is 6.18 Å². The van der Waals surface area contributed by atoms with Gasteiger partial charge in [-0.25, -0.2) is 0 Å². The predicted octanol–water partition coefficient (Wildman–Crippen LogP) is 3.92. The third kappa shape index (κ3) is 4.20. The van der Waals surface area contributed by atoms with E-state index in [2.05, 4.69) is 5.32 Å². The molecule has 2 saturated carbocycles. The van der Waals surface area contributed by atoms with Crippen LogP contribution >= 0.6 is 12.4 Å². The van der Waals surface area contributed by atoms with E-state index in [0.717, 1.165) is 31.4 Å². The van der Waals surface area contributed by atoms with Crippen molar-refractivity contribution in [2.24, 2.45) is 23.5 Å². The highest BCUT2D eigenvalue weighted by atomic mass is 35.5. The summed E-state index contributed by atoms with van der Waals surface area (Å²) in [4.78, 5) is 12.5. The summed E-state index contributed by atoms with van der Waals surface area (Å²) in [5.41, 5.74) is 5.10. The largest absolute Gasteiger partial charge is 0.507 e. The van der Waals surface area contributed by atoms with Crippen LogP contribution in [-0.2, 0) is 11.0 Å². The summed E-state index contributed by atoms with van der Waals surface area (Å²) in [7, 11) is 0. The SMILES string of the molecule is Cl.NC1C2CCCC1CC(C(=O)Nc1ccc(O)c(C(F)(F)F)c1)C2. The van der Waals surface area contributed by atoms with Gasteiger partial charge in [-0.1, -0.05) is 6.42 Å². The average molecular weight is 379 g/mol. The second-order valence-corrected chi connectivity index (χ2v) is 6.92. The van der Waals surface area contributed by atoms with Crippen molar-refractivity contribution in [3.63, 3.8) is 0 Å². The maximum absolute atomic E-state index is 12.8. The van der Waals surface area contributed by atoms with Crippen LogP contribution in [0.15, 0.2) is 18.2 Å². The van der Waals surface area contributed by atoms with E-state index in [0.29, 0.717) is 24.7 Å². The first-order chi connectivity index (χ1) is 11.3. The van der Waals surface area contributed by atoms with E-state index in [4.69, 9.17) is 5.73 Å². The van der Waals surface area contributed by atoms with Crippen molar-refractivity contribution in [3.05, 3.63) is 23.8 Å². The summed E-state index contributed by atoms with van der Waals surface area (Å²) in [6, 6.07) is 3.12. The first-order valence-electron chi connectivity index (χ1n) is 8.22. The molecule has 2 fully saturated rings. The van der Waals surface area contributed by atoms with Crippen LogP contribution < -0.4 is 11.1 Å². The maximum atomic E-state index is 12.8. The quantitative estimate of drug-likeness (QED) is 0.682. The number of phenolic OH excluding ortho intramolecular Hbond substituents is 1. The number of anilines is 1. The van der Waals surface area contributed by atoms with E-state index >= 15 is 0 Å². The van der Waals surface area contributed by atoms with Gasteiger partial charge in [-0.05, 0) is 55.7 Å². The number of carbonyl (C=O) groups is 1. The topological polar surface area (TPSA) is 75.4 Å². The number of amides is 1. The van der Waals surface area contributed by atoms with E-state index in [-0.39, 0.29) is 36.0 Å². The molecule has 0 saturated heterocycles. The number of carbonyl (C=O) groups excluding carboxylic acids is 1. The van der Waals surface area contributed by atoms with Crippen LogP contribution in [0.25, 0.3) is 0 Å². The Balaban J connectivity index is 0.00000225. The lowest BCUT2D eigenvalue weighted by Gasteiger charge is -2.43. The van der Waals surface area contributed by atoms with Crippen LogP contribution in [0.1, 0.15) is 37.7 Å². The normalized spacial score (nSPS) is 28.8. The number of aromatic hydroxyl groups is 1. The van der Waals surface area contributed by atoms with Crippen LogP contribution in [0.5, 0.6) is 5.75 Å². The van der Waals surface area contributed by atoms with E-state index < -0.39 is 17.5 Å². The van der Waals surface area contributed by atoms with E-state index in [1.165, 1.54) is 6.07 Å². The number of nitrogens with one attached hydrogen (secondary N) is 1. The van der Waals surface area contributed by atoms with Crippen molar-refractivity contribution in [2.75, 3.05) is 5.32 Å². The number of rotatable bonds is 2. The van der Waals surface area contributed by atoms with Crippen LogP contribution in [0.3, 0.4) is 0 Å². The highest BCUT2D eigenvalue weighted by Crippen LogP contribution is 2.42. The number of alkyl halides is 3. The Morgan fingerprint density at radius 3 is 2.36 bits per heavy atom. The highest BCUT2D eigenvalue weighted by Gasteiger charge is 2.40. The number of halogens is 4. The molecule has 4 nitrogen and oxygen atoms in total. The molecule has 8 heteroatoms. The van der Waals surface area contributed by atoms with Crippen molar-refractivity contribution in [3.8, 4) is 5.75 Å². The van der Waals surface area contributed by atoms with Crippen LogP contribution in [0.2, 0.25) is 0 Å². The molecule has 2 aliphatic rings. The third-order valence-electron chi connectivity index (χ3n) is 5.35. The Morgan fingerprint density at radius 1 is 1.20 bits per heavy atom. The van der Waals surface area contributed by atoms with E-state index in [1.54, 1.807) is 0 Å². The molecule has 140 valence electrons. The van der Waals surface area contributed by atoms with Gasteiger partial charge in [0.15, 0.2) is 0 Å². The summed E-state index contributed by atoms with van der Waals surface area (Å²) in [5, 5.41) is 11.9. The number of nitrogens with two attached hydrogens (primary N) is 1. The molecule has 0 aliphatic heterocycles. The monoisotopic (exact) mass is 378 g/mol. The molecular formula is C17H22ClF3N2O2. The average Bonchev–Trinajstić information content (AvgIpc) is 2.47. The second-order valence-electron chi connectivity index (χ2n) is 6.92. The minimum atomic E-state index is -4.67. The van der Waals surface area contributed by atoms with E-state index in [9.17, 15) is 23.1 Å². The first kappa shape index (κ1) is 19.8. The molecule has 0 heterocycles. The molecule has 2 atom stereocenters. The maximum Gasteiger partial charge on any atom is 0.420 e. The molecule has 2 unspecified atom stereocenters. The van der Waals surface area contributed by atoms with Crippen molar-refractivity contribution >= 4 is 24.0 Å². The number of benzene rings is 1. The Labute approximate surface area is 150 Å². The molecule has 1 amide bonds. The molecule has 2 bridgehead atoms. The molecular weight excluding hydrogens is 357 g/mol. The fourth-order valence-corrected chi connectivity index (χ4v) is 4.09. The summed E-state index contributed by atoms with van der Waals surface area (Å²) in [6.45, 7) is 0. The Morgan fingerprint density at radius 2 is 1.80 bits per heavy atom. The number of hydrogen-bond acceptors (Lipinski definition) is 3. The molecule has 4 N–H and O–H groups in total. The lowest BCUT2D eigenvalue weighted by molar-refractivity contribution is -0.138. The molecule has 3 rings (SSSR count). The predicted molar refractivity (Wildman–Crippen MR) is 90.5 cm³/mol. The second kappa shape index (κ2) is 7.41. The lowest BCUT2D eigenvalue weighted by Crippen LogP contribution is -2.48. The van der Waals surface area contributed by atoms with Gasteiger partial charge in [0.2, 0.25) is 5.91 Å². The van der Waals surface area contributed by atoms with Crippen LogP contribution in [0, 0.1) is 17.8 Å². The van der Waals surface area contributed by atoms with E-state index in [1.807, 2.05) is 0 Å². The number of hydrogen-bond donors (Lipinski definition) is 3. The molecule has 0 aromatic heterocycles. The van der Waals surface area contributed by atoms with Gasteiger partial charge in [0.05, 0.1) is 5.56 Å². The zero-order valence-corrected chi connectivity index (χ0v) is 14.4. The number of phenols is 1. The highest BCUT2D eigenvalue weighted by molar-refractivity contribution is 5.92. The van der Waals surface area contributed by atoms with Crippen LogP contribution in [0.4, 0.5) is 18.9 Å². The van der Waals surface area contributed by atoms with Crippen LogP contribution in [-0.4, -0.2) is 17.1 Å². The van der Waals surface area contributed by atoms with Crippen molar-refractivity contribution < 1.29 is 23.1 Å². The zero-order valence-electron chi connectivity index (χ0n) is 13.6. The van der Waals surface area contributed by atoms with Gasteiger partial charge in [0, 0.05) is 17.6 Å². The van der Waals surface area contributed by atoms with Gasteiger partial charge < -0.3 is 16.2 Å². The molecule has 25 heavy (non-hydrogen) atoms. The Kier molecular flexibility index (Phi) is 5.89. The van der Waals surface area contributed by atoms with Gasteiger partial charge in [-0.3, -0.25) is 4.79 Å². The van der Waals surface area contributed by atoms with Crippen molar-refractivity contribution in [1.29, 1.82) is 0 Å². The smallest absolute Gasteiger partial charge is 0.420 e. The van der Waals surface area contributed by atoms with Gasteiger partial charge in [-0.2, -0.15) is 13.2 Å². The molecule has 1 aromatic rings. The molecule has 0 spiro atoms. The molecule has 1 aromatic carbocycles. The Hall–Kier alpha value is -1.47. The molecule has 2 aliphatic carbocycles. The molecule has 0 radical (unpaired) electrons.